The molecule has 1 heterocycles. The van der Waals surface area contributed by atoms with Crippen molar-refractivity contribution in [1.29, 1.82) is 0 Å². The number of hydrogen-bond donors (Lipinski definition) is 4. The molecule has 6 nitrogen and oxygen atoms in total. The Balaban J connectivity index is 2.38. The molecule has 2 unspecified atom stereocenters. The van der Waals surface area contributed by atoms with E-state index in [-0.39, 0.29) is 6.04 Å². The second kappa shape index (κ2) is 4.84. The molecule has 0 radical (unpaired) electrons. The van der Waals surface area contributed by atoms with Crippen LogP contribution in [-0.2, 0) is 4.74 Å². The monoisotopic (exact) mass is 244 g/mol. The van der Waals surface area contributed by atoms with Gasteiger partial charge in [0.2, 0.25) is 0 Å². The number of rotatable bonds is 2. The van der Waals surface area contributed by atoms with E-state index in [0.29, 0.717) is 13.0 Å². The summed E-state index contributed by atoms with van der Waals surface area (Å²) in [7, 11) is 1.32. The maximum Gasteiger partial charge on any atom is 0.407 e. The van der Waals surface area contributed by atoms with Crippen LogP contribution in [0.1, 0.15) is 27.2 Å². The van der Waals surface area contributed by atoms with Crippen molar-refractivity contribution in [2.75, 3.05) is 6.54 Å². The van der Waals surface area contributed by atoms with E-state index >= 15 is 0 Å². The maximum atomic E-state index is 11.5. The predicted molar refractivity (Wildman–Crippen MR) is 65.3 cm³/mol. The Morgan fingerprint density at radius 1 is 1.47 bits per heavy atom. The molecule has 1 fully saturated rings. The van der Waals surface area contributed by atoms with Gasteiger partial charge in [-0.25, -0.2) is 4.79 Å². The number of aliphatic hydroxyl groups is 2. The minimum absolute atomic E-state index is 0.145. The van der Waals surface area contributed by atoms with E-state index < -0.39 is 23.4 Å². The molecular formula is C10H21BN2O4. The lowest BCUT2D eigenvalue weighted by Gasteiger charge is -2.24. The first kappa shape index (κ1) is 14.3. The minimum Gasteiger partial charge on any atom is -0.444 e. The van der Waals surface area contributed by atoms with Crippen LogP contribution in [-0.4, -0.2) is 54.1 Å². The molecule has 1 amide bonds. The number of carbonyl (C=O) groups is 1. The van der Waals surface area contributed by atoms with Gasteiger partial charge in [0.05, 0.1) is 6.04 Å². The molecular weight excluding hydrogens is 223 g/mol. The van der Waals surface area contributed by atoms with Crippen LogP contribution in [0.2, 0.25) is 0 Å². The molecule has 0 aromatic carbocycles. The van der Waals surface area contributed by atoms with Gasteiger partial charge >= 0.3 is 6.09 Å². The molecule has 17 heavy (non-hydrogen) atoms. The van der Waals surface area contributed by atoms with Crippen LogP contribution >= 0.6 is 0 Å². The Morgan fingerprint density at radius 2 is 2.06 bits per heavy atom. The van der Waals surface area contributed by atoms with Crippen LogP contribution in [0.4, 0.5) is 4.79 Å². The summed E-state index contributed by atoms with van der Waals surface area (Å²) in [6, 6.07) is -0.587. The number of amides is 1. The smallest absolute Gasteiger partial charge is 0.407 e. The van der Waals surface area contributed by atoms with E-state index in [1.165, 1.54) is 7.85 Å². The average Bonchev–Trinajstić information content (AvgIpc) is 2.47. The van der Waals surface area contributed by atoms with Crippen LogP contribution in [0.3, 0.4) is 0 Å². The van der Waals surface area contributed by atoms with E-state index in [1.54, 1.807) is 20.8 Å². The Morgan fingerprint density at radius 3 is 2.47 bits per heavy atom. The van der Waals surface area contributed by atoms with E-state index in [2.05, 4.69) is 10.6 Å². The van der Waals surface area contributed by atoms with Gasteiger partial charge in [0.1, 0.15) is 11.3 Å². The van der Waals surface area contributed by atoms with Gasteiger partial charge in [-0.15, -0.1) is 0 Å². The van der Waals surface area contributed by atoms with Gasteiger partial charge < -0.3 is 25.6 Å². The van der Waals surface area contributed by atoms with Crippen molar-refractivity contribution < 1.29 is 19.7 Å². The predicted octanol–water partition coefficient (Wildman–Crippen LogP) is -1.49. The molecule has 1 rings (SSSR count). The molecule has 0 aromatic heterocycles. The fourth-order valence-electron chi connectivity index (χ4n) is 1.74. The summed E-state index contributed by atoms with van der Waals surface area (Å²) in [5.74, 6) is 0. The van der Waals surface area contributed by atoms with Crippen molar-refractivity contribution in [3.63, 3.8) is 0 Å². The molecule has 4 N–H and O–H groups in total. The number of alkyl carbamates (subject to hydrolysis) is 1. The normalized spacial score (nSPS) is 25.7. The van der Waals surface area contributed by atoms with Gasteiger partial charge in [0.25, 0.3) is 0 Å². The minimum atomic E-state index is -1.77. The van der Waals surface area contributed by atoms with Crippen molar-refractivity contribution >= 4 is 13.9 Å². The average molecular weight is 244 g/mol. The zero-order valence-corrected chi connectivity index (χ0v) is 10.8. The van der Waals surface area contributed by atoms with E-state index in [9.17, 15) is 15.0 Å². The largest absolute Gasteiger partial charge is 0.444 e. The zero-order chi connectivity index (χ0) is 13.3. The highest BCUT2D eigenvalue weighted by molar-refractivity contribution is 6.13. The Kier molecular flexibility index (Phi) is 4.06. The summed E-state index contributed by atoms with van der Waals surface area (Å²) in [6.45, 7) is 5.88. The van der Waals surface area contributed by atoms with Crippen molar-refractivity contribution in [1.82, 2.24) is 10.6 Å². The van der Waals surface area contributed by atoms with Crippen LogP contribution in [0, 0.1) is 0 Å². The van der Waals surface area contributed by atoms with Gasteiger partial charge in [-0.05, 0) is 27.2 Å². The van der Waals surface area contributed by atoms with Crippen molar-refractivity contribution in [3.05, 3.63) is 0 Å². The van der Waals surface area contributed by atoms with Gasteiger partial charge in [-0.2, -0.15) is 0 Å². The summed E-state index contributed by atoms with van der Waals surface area (Å²) in [6.07, 6.45) is -0.0227. The van der Waals surface area contributed by atoms with E-state index in [0.717, 1.165) is 0 Å². The van der Waals surface area contributed by atoms with Crippen LogP contribution < -0.4 is 10.6 Å². The summed E-state index contributed by atoms with van der Waals surface area (Å²) in [5.41, 5.74) is -2.30. The molecule has 0 spiro atoms. The molecule has 0 bridgehead atoms. The van der Waals surface area contributed by atoms with Crippen LogP contribution in [0.25, 0.3) is 0 Å². The van der Waals surface area contributed by atoms with Gasteiger partial charge in [-0.1, -0.05) is 0 Å². The van der Waals surface area contributed by atoms with Crippen LogP contribution in [0.15, 0.2) is 0 Å². The van der Waals surface area contributed by atoms with Crippen molar-refractivity contribution in [2.45, 2.75) is 50.6 Å². The topological polar surface area (TPSA) is 90.8 Å². The summed E-state index contributed by atoms with van der Waals surface area (Å²) in [5, 5.41) is 24.4. The first-order valence-corrected chi connectivity index (χ1v) is 5.75. The number of ether oxygens (including phenoxy) is 1. The number of hydrogen-bond acceptors (Lipinski definition) is 5. The fourth-order valence-corrected chi connectivity index (χ4v) is 1.74. The van der Waals surface area contributed by atoms with Gasteiger partial charge in [0, 0.05) is 12.6 Å². The zero-order valence-electron chi connectivity index (χ0n) is 10.8. The third-order valence-electron chi connectivity index (χ3n) is 2.51. The third kappa shape index (κ3) is 4.93. The van der Waals surface area contributed by atoms with Gasteiger partial charge in [0.15, 0.2) is 7.85 Å². The van der Waals surface area contributed by atoms with E-state index in [1.807, 2.05) is 0 Å². The second-order valence-electron chi connectivity index (χ2n) is 5.63. The molecule has 1 aliphatic heterocycles. The third-order valence-corrected chi connectivity index (χ3v) is 2.51. The summed E-state index contributed by atoms with van der Waals surface area (Å²) < 4.78 is 5.12. The molecule has 0 aromatic rings. The highest BCUT2D eigenvalue weighted by atomic mass is 16.6. The Labute approximate surface area is 102 Å². The molecule has 1 aliphatic rings. The molecule has 0 aliphatic carbocycles. The Hall–Kier alpha value is -0.785. The van der Waals surface area contributed by atoms with E-state index in [4.69, 9.17) is 4.74 Å². The molecule has 0 saturated carbocycles. The standard InChI is InChI=1S/C10H21BN2O4/c1-9(2,3)17-8(14)13-6-4-7(12-5-6)10(11,15)16/h6-7,12,15-16H,4-5,11H2,1-3H3,(H,13,14). The lowest BCUT2D eigenvalue weighted by atomic mass is 9.86. The quantitative estimate of drug-likeness (QED) is 0.351. The summed E-state index contributed by atoms with van der Waals surface area (Å²) >= 11 is 0. The molecule has 7 heteroatoms. The summed E-state index contributed by atoms with van der Waals surface area (Å²) in [4.78, 5) is 11.5. The SMILES string of the molecule is BC(O)(O)C1CC(NC(=O)OC(C)(C)C)CN1. The fraction of sp³-hybridized carbons (Fsp3) is 0.900. The second-order valence-corrected chi connectivity index (χ2v) is 5.63. The van der Waals surface area contributed by atoms with Crippen LogP contribution in [0.5, 0.6) is 0 Å². The first-order valence-electron chi connectivity index (χ1n) is 5.75. The highest BCUT2D eigenvalue weighted by Gasteiger charge is 2.36. The lowest BCUT2D eigenvalue weighted by molar-refractivity contribution is -0.107. The maximum absolute atomic E-state index is 11.5. The number of nitrogens with one attached hydrogen (secondary N) is 2. The first-order chi connectivity index (χ1) is 7.58. The molecule has 1 saturated heterocycles. The molecule has 98 valence electrons. The van der Waals surface area contributed by atoms with Crippen molar-refractivity contribution in [3.8, 4) is 0 Å². The number of carbonyl (C=O) groups excluding carboxylic acids is 1. The Bertz CT molecular complexity index is 285. The molecule has 2 atom stereocenters. The highest BCUT2D eigenvalue weighted by Crippen LogP contribution is 2.15. The van der Waals surface area contributed by atoms with Crippen molar-refractivity contribution in [2.24, 2.45) is 0 Å². The lowest BCUT2D eigenvalue weighted by Crippen LogP contribution is -2.48. The van der Waals surface area contributed by atoms with Gasteiger partial charge in [-0.3, -0.25) is 0 Å².